The van der Waals surface area contributed by atoms with E-state index in [4.69, 9.17) is 4.74 Å². The Hall–Kier alpha value is -0.920. The summed E-state index contributed by atoms with van der Waals surface area (Å²) in [7, 11) is 0. The van der Waals surface area contributed by atoms with Crippen LogP contribution < -0.4 is 0 Å². The lowest BCUT2D eigenvalue weighted by molar-refractivity contribution is 0.0404. The zero-order valence-electron chi connectivity index (χ0n) is 12.7. The Morgan fingerprint density at radius 2 is 1.61 bits per heavy atom. The summed E-state index contributed by atoms with van der Waals surface area (Å²) in [5, 5.41) is 0. The summed E-state index contributed by atoms with van der Waals surface area (Å²) in [5.74, 6) is 0. The van der Waals surface area contributed by atoms with Crippen LogP contribution in [0, 0.1) is 0 Å². The monoisotopic (exact) mass is 253 g/mol. The summed E-state index contributed by atoms with van der Waals surface area (Å²) in [6, 6.07) is 0. The third-order valence-electron chi connectivity index (χ3n) is 2.95. The molecule has 1 unspecified atom stereocenters. The fourth-order valence-electron chi connectivity index (χ4n) is 1.65. The lowest BCUT2D eigenvalue weighted by Gasteiger charge is -2.25. The third kappa shape index (κ3) is 9.15. The molecule has 0 N–H and O–H groups in total. The molecule has 1 atom stereocenters. The molecular weight excluding hydrogens is 222 g/mol. The number of hydrogen-bond acceptors (Lipinski definition) is 2. The summed E-state index contributed by atoms with van der Waals surface area (Å²) in [4.78, 5) is 2.22. The van der Waals surface area contributed by atoms with Crippen LogP contribution in [0.5, 0.6) is 0 Å². The molecule has 0 aliphatic heterocycles. The van der Waals surface area contributed by atoms with Crippen molar-refractivity contribution < 1.29 is 4.74 Å². The van der Waals surface area contributed by atoms with Gasteiger partial charge in [0.15, 0.2) is 6.23 Å². The van der Waals surface area contributed by atoms with Crippen LogP contribution in [0.25, 0.3) is 0 Å². The van der Waals surface area contributed by atoms with Crippen molar-refractivity contribution in [2.45, 2.75) is 72.4 Å². The predicted octanol–water partition coefficient (Wildman–Crippen LogP) is 5.08. The molecule has 0 rings (SSSR count). The van der Waals surface area contributed by atoms with Crippen molar-refractivity contribution in [3.05, 3.63) is 24.6 Å². The van der Waals surface area contributed by atoms with Gasteiger partial charge in [-0.05, 0) is 45.4 Å². The normalized spacial score (nSPS) is 13.3. The smallest absolute Gasteiger partial charge is 0.168 e. The number of nitrogens with zero attached hydrogens (tertiary/aromatic N) is 1. The summed E-state index contributed by atoms with van der Waals surface area (Å²) >= 11 is 0. The van der Waals surface area contributed by atoms with Crippen LogP contribution in [0.4, 0.5) is 0 Å². The molecule has 2 heteroatoms. The van der Waals surface area contributed by atoms with Crippen molar-refractivity contribution in [2.75, 3.05) is 6.54 Å². The first-order valence-electron chi connectivity index (χ1n) is 7.49. The molecule has 0 aliphatic carbocycles. The number of allylic oxidation sites excluding steroid dienone is 2. The lowest BCUT2D eigenvalue weighted by Crippen LogP contribution is -2.28. The molecule has 0 fully saturated rings. The molecule has 0 bridgehead atoms. The van der Waals surface area contributed by atoms with Crippen LogP contribution >= 0.6 is 0 Å². The lowest BCUT2D eigenvalue weighted by atomic mass is 10.2. The summed E-state index contributed by atoms with van der Waals surface area (Å²) in [6.07, 6.45) is 15.8. The van der Waals surface area contributed by atoms with Gasteiger partial charge in [-0.15, -0.1) is 0 Å². The van der Waals surface area contributed by atoms with E-state index in [0.29, 0.717) is 0 Å². The standard InChI is InChI=1S/C16H31NO/c1-5-8-10-12-14-17(7-3)16(4)18-15-13-11-9-6-2/h12-16H,5-11H2,1-4H3. The van der Waals surface area contributed by atoms with Crippen LogP contribution in [0.3, 0.4) is 0 Å². The first kappa shape index (κ1) is 17.1. The van der Waals surface area contributed by atoms with Gasteiger partial charge in [-0.2, -0.15) is 0 Å². The molecule has 0 aromatic rings. The quantitative estimate of drug-likeness (QED) is 0.289. The zero-order valence-corrected chi connectivity index (χ0v) is 12.7. The van der Waals surface area contributed by atoms with Gasteiger partial charge in [0.05, 0.1) is 6.26 Å². The first-order chi connectivity index (χ1) is 8.76. The molecule has 0 radical (unpaired) electrons. The number of unbranched alkanes of at least 4 members (excludes halogenated alkanes) is 4. The van der Waals surface area contributed by atoms with Gasteiger partial charge in [0, 0.05) is 6.54 Å². The summed E-state index contributed by atoms with van der Waals surface area (Å²) in [5.41, 5.74) is 0. The molecule has 2 nitrogen and oxygen atoms in total. The summed E-state index contributed by atoms with van der Waals surface area (Å²) < 4.78 is 5.69. The fourth-order valence-corrected chi connectivity index (χ4v) is 1.65. The first-order valence-corrected chi connectivity index (χ1v) is 7.49. The van der Waals surface area contributed by atoms with Gasteiger partial charge in [0.1, 0.15) is 0 Å². The van der Waals surface area contributed by atoms with Crippen molar-refractivity contribution in [1.82, 2.24) is 4.90 Å². The highest BCUT2D eigenvalue weighted by atomic mass is 16.5. The highest BCUT2D eigenvalue weighted by Crippen LogP contribution is 2.05. The number of rotatable bonds is 11. The molecule has 0 saturated carbocycles. The minimum Gasteiger partial charge on any atom is -0.479 e. The van der Waals surface area contributed by atoms with E-state index in [1.165, 1.54) is 25.7 Å². The largest absolute Gasteiger partial charge is 0.479 e. The average molecular weight is 253 g/mol. The van der Waals surface area contributed by atoms with Crippen LogP contribution in [0.2, 0.25) is 0 Å². The van der Waals surface area contributed by atoms with E-state index in [0.717, 1.165) is 19.4 Å². The third-order valence-corrected chi connectivity index (χ3v) is 2.95. The predicted molar refractivity (Wildman–Crippen MR) is 80.3 cm³/mol. The van der Waals surface area contributed by atoms with Crippen molar-refractivity contribution in [2.24, 2.45) is 0 Å². The highest BCUT2D eigenvalue weighted by Gasteiger charge is 2.05. The van der Waals surface area contributed by atoms with E-state index in [1.54, 1.807) is 0 Å². The molecule has 0 saturated heterocycles. The van der Waals surface area contributed by atoms with Crippen molar-refractivity contribution in [3.63, 3.8) is 0 Å². The molecule has 0 aromatic carbocycles. The van der Waals surface area contributed by atoms with E-state index < -0.39 is 0 Å². The molecule has 0 aromatic heterocycles. The second-order valence-electron chi connectivity index (χ2n) is 4.61. The van der Waals surface area contributed by atoms with Crippen molar-refractivity contribution in [3.8, 4) is 0 Å². The van der Waals surface area contributed by atoms with Crippen LogP contribution in [-0.4, -0.2) is 17.7 Å². The van der Waals surface area contributed by atoms with Crippen LogP contribution in [-0.2, 0) is 4.74 Å². The van der Waals surface area contributed by atoms with E-state index in [9.17, 15) is 0 Å². The minimum absolute atomic E-state index is 0.116. The molecular formula is C16H31NO. The van der Waals surface area contributed by atoms with Gasteiger partial charge in [0.25, 0.3) is 0 Å². The second kappa shape index (κ2) is 12.5. The Labute approximate surface area is 114 Å². The van der Waals surface area contributed by atoms with E-state index in [2.05, 4.69) is 50.9 Å². The Morgan fingerprint density at radius 3 is 2.17 bits per heavy atom. The maximum absolute atomic E-state index is 5.69. The molecule has 106 valence electrons. The average Bonchev–Trinajstić information content (AvgIpc) is 2.38. The Balaban J connectivity index is 3.90. The van der Waals surface area contributed by atoms with Gasteiger partial charge >= 0.3 is 0 Å². The molecule has 0 aliphatic rings. The minimum atomic E-state index is 0.116. The molecule has 0 spiro atoms. The van der Waals surface area contributed by atoms with Crippen molar-refractivity contribution in [1.29, 1.82) is 0 Å². The maximum atomic E-state index is 5.69. The van der Waals surface area contributed by atoms with Gasteiger partial charge < -0.3 is 9.64 Å². The topological polar surface area (TPSA) is 12.5 Å². The van der Waals surface area contributed by atoms with Gasteiger partial charge in [-0.1, -0.05) is 39.2 Å². The molecule has 0 amide bonds. The van der Waals surface area contributed by atoms with Crippen molar-refractivity contribution >= 4 is 0 Å². The number of ether oxygens (including phenoxy) is 1. The maximum Gasteiger partial charge on any atom is 0.168 e. The highest BCUT2D eigenvalue weighted by molar-refractivity contribution is 4.83. The summed E-state index contributed by atoms with van der Waals surface area (Å²) in [6.45, 7) is 9.66. The Morgan fingerprint density at radius 1 is 1.00 bits per heavy atom. The van der Waals surface area contributed by atoms with Gasteiger partial charge in [0.2, 0.25) is 0 Å². The zero-order chi connectivity index (χ0) is 13.6. The van der Waals surface area contributed by atoms with Crippen LogP contribution in [0.15, 0.2) is 24.6 Å². The fraction of sp³-hybridized carbons (Fsp3) is 0.750. The molecule has 0 heterocycles. The van der Waals surface area contributed by atoms with Crippen LogP contribution in [0.1, 0.15) is 66.2 Å². The number of hydrogen-bond donors (Lipinski definition) is 0. The second-order valence-corrected chi connectivity index (χ2v) is 4.61. The molecule has 18 heavy (non-hydrogen) atoms. The van der Waals surface area contributed by atoms with Gasteiger partial charge in [-0.3, -0.25) is 0 Å². The van der Waals surface area contributed by atoms with E-state index >= 15 is 0 Å². The van der Waals surface area contributed by atoms with E-state index in [-0.39, 0.29) is 6.23 Å². The van der Waals surface area contributed by atoms with E-state index in [1.807, 2.05) is 6.26 Å². The Bertz CT molecular complexity index is 223. The van der Waals surface area contributed by atoms with Gasteiger partial charge in [-0.25, -0.2) is 0 Å². The SMILES string of the molecule is CCCCC=COC(C)N(C=CCCCC)CC. The Kier molecular flexibility index (Phi) is 11.9.